The molecule has 0 amide bonds. The zero-order valence-electron chi connectivity index (χ0n) is 10.9. The molecule has 0 fully saturated rings. The molecule has 0 N–H and O–H groups in total. The van der Waals surface area contributed by atoms with Crippen molar-refractivity contribution < 1.29 is 9.66 Å². The molecule has 0 unspecified atom stereocenters. The Balaban J connectivity index is 2.17. The van der Waals surface area contributed by atoms with Gasteiger partial charge >= 0.3 is 0 Å². The van der Waals surface area contributed by atoms with Crippen molar-refractivity contribution >= 4 is 5.69 Å². The second-order valence-corrected chi connectivity index (χ2v) is 4.26. The molecule has 0 heterocycles. The summed E-state index contributed by atoms with van der Waals surface area (Å²) >= 11 is 0. The van der Waals surface area contributed by atoms with Crippen LogP contribution in [0.4, 0.5) is 5.69 Å². The summed E-state index contributed by atoms with van der Waals surface area (Å²) in [7, 11) is 0. The molecular weight excluding hydrogens is 256 g/mol. The summed E-state index contributed by atoms with van der Waals surface area (Å²) in [6, 6.07) is 13.8. The average Bonchev–Trinajstić information content (AvgIpc) is 2.46. The number of ether oxygens (including phenoxy) is 1. The van der Waals surface area contributed by atoms with Gasteiger partial charge in [0.2, 0.25) is 0 Å². The van der Waals surface area contributed by atoms with E-state index in [-0.39, 0.29) is 12.3 Å². The van der Waals surface area contributed by atoms with E-state index in [2.05, 4.69) is 6.07 Å². The molecule has 2 aromatic rings. The lowest BCUT2D eigenvalue weighted by Gasteiger charge is -2.09. The van der Waals surface area contributed by atoms with E-state index in [9.17, 15) is 10.1 Å². The molecule has 100 valence electrons. The van der Waals surface area contributed by atoms with Gasteiger partial charge in [-0.05, 0) is 30.7 Å². The maximum Gasteiger partial charge on any atom is 0.276 e. The zero-order chi connectivity index (χ0) is 14.5. The minimum atomic E-state index is -0.432. The first kappa shape index (κ1) is 13.6. The molecule has 20 heavy (non-hydrogen) atoms. The van der Waals surface area contributed by atoms with Crippen LogP contribution in [0, 0.1) is 28.4 Å². The highest BCUT2D eigenvalue weighted by Gasteiger charge is 2.14. The van der Waals surface area contributed by atoms with Crippen molar-refractivity contribution in [2.45, 2.75) is 13.5 Å². The normalized spacial score (nSPS) is 9.80. The van der Waals surface area contributed by atoms with Crippen LogP contribution in [0.1, 0.15) is 16.7 Å². The van der Waals surface area contributed by atoms with Crippen molar-refractivity contribution in [3.63, 3.8) is 0 Å². The molecular formula is C15H12N2O3. The number of hydrogen-bond donors (Lipinski definition) is 0. The van der Waals surface area contributed by atoms with Crippen molar-refractivity contribution in [3.8, 4) is 11.8 Å². The summed E-state index contributed by atoms with van der Waals surface area (Å²) < 4.78 is 5.60. The second-order valence-electron chi connectivity index (χ2n) is 4.26. The first-order valence-corrected chi connectivity index (χ1v) is 5.97. The molecule has 0 radical (unpaired) electrons. The highest BCUT2D eigenvalue weighted by atomic mass is 16.6. The van der Waals surface area contributed by atoms with Crippen LogP contribution in [0.5, 0.6) is 5.75 Å². The van der Waals surface area contributed by atoms with E-state index in [0.29, 0.717) is 16.9 Å². The van der Waals surface area contributed by atoms with Crippen LogP contribution in [-0.4, -0.2) is 4.92 Å². The van der Waals surface area contributed by atoms with Crippen LogP contribution < -0.4 is 4.74 Å². The smallest absolute Gasteiger partial charge is 0.276 e. The first-order chi connectivity index (χ1) is 9.61. The third-order valence-corrected chi connectivity index (χ3v) is 2.90. The fourth-order valence-corrected chi connectivity index (χ4v) is 1.85. The van der Waals surface area contributed by atoms with Crippen LogP contribution in [-0.2, 0) is 6.61 Å². The zero-order valence-corrected chi connectivity index (χ0v) is 10.9. The molecule has 0 aliphatic heterocycles. The lowest BCUT2D eigenvalue weighted by atomic mass is 10.1. The topological polar surface area (TPSA) is 76.2 Å². The van der Waals surface area contributed by atoms with Gasteiger partial charge in [-0.2, -0.15) is 5.26 Å². The highest BCUT2D eigenvalue weighted by Crippen LogP contribution is 2.27. The molecule has 0 bridgehead atoms. The Kier molecular flexibility index (Phi) is 3.96. The van der Waals surface area contributed by atoms with E-state index in [1.165, 1.54) is 6.07 Å². The van der Waals surface area contributed by atoms with E-state index in [1.807, 2.05) is 6.07 Å². The third-order valence-electron chi connectivity index (χ3n) is 2.90. The Bertz CT molecular complexity index is 690. The van der Waals surface area contributed by atoms with Crippen LogP contribution >= 0.6 is 0 Å². The molecule has 5 nitrogen and oxygen atoms in total. The Morgan fingerprint density at radius 2 is 2.05 bits per heavy atom. The van der Waals surface area contributed by atoms with Crippen molar-refractivity contribution in [3.05, 3.63) is 69.3 Å². The summed E-state index contributed by atoms with van der Waals surface area (Å²) in [5.74, 6) is 0.474. The lowest BCUT2D eigenvalue weighted by Crippen LogP contribution is -1.99. The largest absolute Gasteiger partial charge is 0.488 e. The van der Waals surface area contributed by atoms with E-state index in [4.69, 9.17) is 10.00 Å². The number of benzene rings is 2. The number of nitro groups is 1. The number of nitro benzene ring substituents is 1. The number of nitrogens with zero attached hydrogens (tertiary/aromatic N) is 2. The van der Waals surface area contributed by atoms with E-state index < -0.39 is 4.92 Å². The summed E-state index contributed by atoms with van der Waals surface area (Å²) in [6.45, 7) is 1.91. The quantitative estimate of drug-likeness (QED) is 0.629. The Morgan fingerprint density at radius 3 is 2.75 bits per heavy atom. The average molecular weight is 268 g/mol. The van der Waals surface area contributed by atoms with Gasteiger partial charge in [-0.15, -0.1) is 0 Å². The van der Waals surface area contributed by atoms with Gasteiger partial charge in [0.15, 0.2) is 0 Å². The first-order valence-electron chi connectivity index (χ1n) is 5.97. The van der Waals surface area contributed by atoms with Crippen molar-refractivity contribution in [1.29, 1.82) is 5.26 Å². The number of nitriles is 1. The van der Waals surface area contributed by atoms with Gasteiger partial charge in [0.25, 0.3) is 5.69 Å². The van der Waals surface area contributed by atoms with Crippen LogP contribution in [0.3, 0.4) is 0 Å². The predicted octanol–water partition coefficient (Wildman–Crippen LogP) is 3.35. The predicted molar refractivity (Wildman–Crippen MR) is 73.3 cm³/mol. The van der Waals surface area contributed by atoms with Gasteiger partial charge in [-0.3, -0.25) is 10.1 Å². The SMILES string of the molecule is Cc1c(OCc2cccc(C#N)c2)cccc1[N+](=O)[O-]. The van der Waals surface area contributed by atoms with Crippen LogP contribution in [0.2, 0.25) is 0 Å². The van der Waals surface area contributed by atoms with Gasteiger partial charge in [-0.25, -0.2) is 0 Å². The third kappa shape index (κ3) is 2.93. The van der Waals surface area contributed by atoms with Crippen molar-refractivity contribution in [1.82, 2.24) is 0 Å². The van der Waals surface area contributed by atoms with Gasteiger partial charge < -0.3 is 4.74 Å². The molecule has 0 atom stereocenters. The fraction of sp³-hybridized carbons (Fsp3) is 0.133. The molecule has 0 aliphatic rings. The van der Waals surface area contributed by atoms with Crippen molar-refractivity contribution in [2.24, 2.45) is 0 Å². The van der Waals surface area contributed by atoms with E-state index in [0.717, 1.165) is 5.56 Å². The monoisotopic (exact) mass is 268 g/mol. The molecule has 0 spiro atoms. The van der Waals surface area contributed by atoms with Crippen LogP contribution in [0.25, 0.3) is 0 Å². The molecule has 5 heteroatoms. The lowest BCUT2D eigenvalue weighted by molar-refractivity contribution is -0.385. The second kappa shape index (κ2) is 5.85. The number of hydrogen-bond acceptors (Lipinski definition) is 4. The van der Waals surface area contributed by atoms with Crippen molar-refractivity contribution in [2.75, 3.05) is 0 Å². The summed E-state index contributed by atoms with van der Waals surface area (Å²) in [5.41, 5.74) is 1.93. The Labute approximate surface area is 116 Å². The maximum atomic E-state index is 10.8. The van der Waals surface area contributed by atoms with Gasteiger partial charge in [0.05, 0.1) is 22.1 Å². The maximum absolute atomic E-state index is 10.8. The van der Waals surface area contributed by atoms with E-state index >= 15 is 0 Å². The minimum Gasteiger partial charge on any atom is -0.488 e. The van der Waals surface area contributed by atoms with Crippen LogP contribution in [0.15, 0.2) is 42.5 Å². The Morgan fingerprint density at radius 1 is 1.30 bits per heavy atom. The van der Waals surface area contributed by atoms with Gasteiger partial charge in [-0.1, -0.05) is 18.2 Å². The van der Waals surface area contributed by atoms with Gasteiger partial charge in [0, 0.05) is 6.07 Å². The Hall–Kier alpha value is -2.87. The molecule has 2 aromatic carbocycles. The fourth-order valence-electron chi connectivity index (χ4n) is 1.85. The molecule has 0 aromatic heterocycles. The van der Waals surface area contributed by atoms with E-state index in [1.54, 1.807) is 37.3 Å². The molecule has 0 saturated carbocycles. The number of rotatable bonds is 4. The summed E-state index contributed by atoms with van der Waals surface area (Å²) in [4.78, 5) is 10.4. The standard InChI is InChI=1S/C15H12N2O3/c1-11-14(17(18)19)6-3-7-15(11)20-10-13-5-2-4-12(8-13)9-16/h2-8H,10H2,1H3. The summed E-state index contributed by atoms with van der Waals surface area (Å²) in [6.07, 6.45) is 0. The molecule has 2 rings (SSSR count). The summed E-state index contributed by atoms with van der Waals surface area (Å²) in [5, 5.41) is 19.7. The molecule has 0 saturated heterocycles. The molecule has 0 aliphatic carbocycles. The minimum absolute atomic E-state index is 0.0354. The highest BCUT2D eigenvalue weighted by molar-refractivity contribution is 5.48. The van der Waals surface area contributed by atoms with Gasteiger partial charge in [0.1, 0.15) is 12.4 Å².